The van der Waals surface area contributed by atoms with Crippen LogP contribution in [0.15, 0.2) is 60.8 Å². The molecule has 5 nitrogen and oxygen atoms in total. The molecule has 0 bridgehead atoms. The molecule has 28 heavy (non-hydrogen) atoms. The monoisotopic (exact) mass is 381 g/mol. The lowest BCUT2D eigenvalue weighted by molar-refractivity contribution is 0.629. The van der Waals surface area contributed by atoms with Crippen LogP contribution in [0.5, 0.6) is 0 Å². The number of nitrogens with zero attached hydrogens (tertiary/aromatic N) is 5. The Hall–Kier alpha value is -3.74. The third-order valence-corrected chi connectivity index (χ3v) is 5.30. The van der Waals surface area contributed by atoms with Crippen LogP contribution in [-0.2, 0) is 6.54 Å². The van der Waals surface area contributed by atoms with Crippen molar-refractivity contribution in [3.63, 3.8) is 0 Å². The predicted molar refractivity (Wildman–Crippen MR) is 111 cm³/mol. The molecule has 0 aliphatic heterocycles. The van der Waals surface area contributed by atoms with Crippen molar-refractivity contribution in [2.75, 3.05) is 0 Å². The van der Waals surface area contributed by atoms with E-state index in [0.29, 0.717) is 23.5 Å². The number of nitriles is 2. The SMILES string of the molecule is N#CCCn1cc(C=C(C#N)c2nc3ccccc3s2)c(-c2ccccc2)n1. The molecule has 2 aromatic heterocycles. The Morgan fingerprint density at radius 2 is 1.86 bits per heavy atom. The lowest BCUT2D eigenvalue weighted by atomic mass is 10.1. The van der Waals surface area contributed by atoms with E-state index in [9.17, 15) is 5.26 Å². The quantitative estimate of drug-likeness (QED) is 0.449. The van der Waals surface area contributed by atoms with Crippen LogP contribution in [-0.4, -0.2) is 14.8 Å². The molecule has 0 fully saturated rings. The van der Waals surface area contributed by atoms with Crippen molar-refractivity contribution in [3.8, 4) is 23.4 Å². The van der Waals surface area contributed by atoms with Crippen LogP contribution in [0.1, 0.15) is 17.0 Å². The minimum absolute atomic E-state index is 0.377. The Labute approximate surface area is 166 Å². The van der Waals surface area contributed by atoms with Gasteiger partial charge in [-0.2, -0.15) is 15.6 Å². The van der Waals surface area contributed by atoms with Gasteiger partial charge in [-0.25, -0.2) is 4.98 Å². The van der Waals surface area contributed by atoms with Crippen molar-refractivity contribution in [1.82, 2.24) is 14.8 Å². The van der Waals surface area contributed by atoms with Gasteiger partial charge in [0.15, 0.2) is 0 Å². The zero-order valence-corrected chi connectivity index (χ0v) is 15.7. The molecule has 0 radical (unpaired) electrons. The summed E-state index contributed by atoms with van der Waals surface area (Å²) in [6.07, 6.45) is 4.09. The van der Waals surface area contributed by atoms with Crippen molar-refractivity contribution in [1.29, 1.82) is 10.5 Å². The maximum absolute atomic E-state index is 9.75. The van der Waals surface area contributed by atoms with Crippen LogP contribution < -0.4 is 0 Å². The van der Waals surface area contributed by atoms with E-state index in [-0.39, 0.29) is 0 Å². The third-order valence-electron chi connectivity index (χ3n) is 4.23. The van der Waals surface area contributed by atoms with Gasteiger partial charge in [0, 0.05) is 17.3 Å². The average molecular weight is 381 g/mol. The van der Waals surface area contributed by atoms with E-state index < -0.39 is 0 Å². The summed E-state index contributed by atoms with van der Waals surface area (Å²) in [6, 6.07) is 22.1. The van der Waals surface area contributed by atoms with E-state index in [0.717, 1.165) is 27.0 Å². The molecule has 6 heteroatoms. The van der Waals surface area contributed by atoms with Gasteiger partial charge in [0.25, 0.3) is 0 Å². The van der Waals surface area contributed by atoms with Crippen molar-refractivity contribution in [2.24, 2.45) is 0 Å². The summed E-state index contributed by atoms with van der Waals surface area (Å²) in [5.41, 5.74) is 3.97. The maximum Gasteiger partial charge on any atom is 0.135 e. The number of hydrogen-bond donors (Lipinski definition) is 0. The molecule has 0 amide bonds. The largest absolute Gasteiger partial charge is 0.270 e. The normalized spacial score (nSPS) is 11.3. The first-order chi connectivity index (χ1) is 13.8. The van der Waals surface area contributed by atoms with E-state index in [2.05, 4.69) is 22.2 Å². The minimum atomic E-state index is 0.377. The Morgan fingerprint density at radius 1 is 1.07 bits per heavy atom. The molecular weight excluding hydrogens is 366 g/mol. The Kier molecular flexibility index (Phi) is 4.97. The van der Waals surface area contributed by atoms with E-state index in [1.807, 2.05) is 66.9 Å². The van der Waals surface area contributed by atoms with Gasteiger partial charge < -0.3 is 0 Å². The van der Waals surface area contributed by atoms with Gasteiger partial charge in [-0.1, -0.05) is 42.5 Å². The molecule has 4 aromatic rings. The van der Waals surface area contributed by atoms with Crippen LogP contribution in [0.3, 0.4) is 0 Å². The minimum Gasteiger partial charge on any atom is -0.270 e. The van der Waals surface area contributed by atoms with E-state index in [1.54, 1.807) is 4.68 Å². The summed E-state index contributed by atoms with van der Waals surface area (Å²) in [5, 5.41) is 23.9. The highest BCUT2D eigenvalue weighted by Crippen LogP contribution is 2.30. The van der Waals surface area contributed by atoms with Gasteiger partial charge in [-0.15, -0.1) is 11.3 Å². The summed E-state index contributed by atoms with van der Waals surface area (Å²) < 4.78 is 2.80. The van der Waals surface area contributed by atoms with Gasteiger partial charge >= 0.3 is 0 Å². The highest BCUT2D eigenvalue weighted by Gasteiger charge is 2.13. The van der Waals surface area contributed by atoms with E-state index >= 15 is 0 Å². The first-order valence-corrected chi connectivity index (χ1v) is 9.57. The summed E-state index contributed by atoms with van der Waals surface area (Å²) >= 11 is 1.50. The number of fused-ring (bicyclic) bond motifs is 1. The number of rotatable bonds is 5. The Bertz CT molecular complexity index is 1200. The van der Waals surface area contributed by atoms with Gasteiger partial charge in [0.2, 0.25) is 0 Å². The first kappa shape index (κ1) is 17.7. The summed E-state index contributed by atoms with van der Waals surface area (Å²) in [6.45, 7) is 0.507. The second-order valence-corrected chi connectivity index (χ2v) is 7.16. The number of aromatic nitrogens is 3. The van der Waals surface area contributed by atoms with Gasteiger partial charge in [-0.3, -0.25) is 4.68 Å². The third kappa shape index (κ3) is 3.55. The molecule has 2 aromatic carbocycles. The Morgan fingerprint density at radius 3 is 2.61 bits per heavy atom. The molecule has 0 unspecified atom stereocenters. The lowest BCUT2D eigenvalue weighted by Gasteiger charge is -1.99. The predicted octanol–water partition coefficient (Wildman–Crippen LogP) is 5.14. The standard InChI is InChI=1S/C22H15N5S/c23-11-6-12-27-15-18(21(26-27)16-7-2-1-3-8-16)13-17(14-24)22-25-19-9-4-5-10-20(19)28-22/h1-5,7-10,13,15H,6,12H2. The zero-order chi connectivity index (χ0) is 19.3. The van der Waals surface area contributed by atoms with E-state index in [1.165, 1.54) is 11.3 Å². The molecule has 0 saturated carbocycles. The van der Waals surface area contributed by atoms with Crippen LogP contribution in [0.25, 0.3) is 33.1 Å². The van der Waals surface area contributed by atoms with Crippen LogP contribution >= 0.6 is 11.3 Å². The molecular formula is C22H15N5S. The smallest absolute Gasteiger partial charge is 0.135 e. The number of allylic oxidation sites excluding steroid dienone is 1. The summed E-state index contributed by atoms with van der Waals surface area (Å²) in [7, 11) is 0. The fraction of sp³-hybridized carbons (Fsp3) is 0.0909. The average Bonchev–Trinajstić information content (AvgIpc) is 3.35. The maximum atomic E-state index is 9.75. The number of benzene rings is 2. The number of aryl methyl sites for hydroxylation is 1. The molecule has 0 spiro atoms. The van der Waals surface area contributed by atoms with Gasteiger partial charge in [-0.05, 0) is 18.2 Å². The second kappa shape index (κ2) is 7.87. The molecule has 0 saturated heterocycles. The fourth-order valence-corrected chi connectivity index (χ4v) is 3.86. The lowest BCUT2D eigenvalue weighted by Crippen LogP contribution is -1.97. The molecule has 0 atom stereocenters. The molecule has 0 N–H and O–H groups in total. The van der Waals surface area contributed by atoms with Gasteiger partial charge in [0.05, 0.1) is 40.5 Å². The van der Waals surface area contributed by atoms with Crippen molar-refractivity contribution in [3.05, 3.63) is 71.4 Å². The Balaban J connectivity index is 1.81. The van der Waals surface area contributed by atoms with Crippen molar-refractivity contribution >= 4 is 33.2 Å². The highest BCUT2D eigenvalue weighted by molar-refractivity contribution is 7.19. The molecule has 4 rings (SSSR count). The molecule has 134 valence electrons. The fourth-order valence-electron chi connectivity index (χ4n) is 2.93. The number of para-hydroxylation sites is 1. The molecule has 2 heterocycles. The summed E-state index contributed by atoms with van der Waals surface area (Å²) in [5.74, 6) is 0. The number of thiazole rings is 1. The number of hydrogen-bond acceptors (Lipinski definition) is 5. The zero-order valence-electron chi connectivity index (χ0n) is 14.9. The van der Waals surface area contributed by atoms with Crippen LogP contribution in [0.4, 0.5) is 0 Å². The van der Waals surface area contributed by atoms with Gasteiger partial charge in [0.1, 0.15) is 11.1 Å². The molecule has 0 aliphatic carbocycles. The molecule has 0 aliphatic rings. The topological polar surface area (TPSA) is 78.3 Å². The second-order valence-electron chi connectivity index (χ2n) is 6.13. The van der Waals surface area contributed by atoms with Crippen molar-refractivity contribution < 1.29 is 0 Å². The van der Waals surface area contributed by atoms with Crippen LogP contribution in [0.2, 0.25) is 0 Å². The summed E-state index contributed by atoms with van der Waals surface area (Å²) in [4.78, 5) is 4.60. The highest BCUT2D eigenvalue weighted by atomic mass is 32.1. The van der Waals surface area contributed by atoms with Crippen molar-refractivity contribution in [2.45, 2.75) is 13.0 Å². The van der Waals surface area contributed by atoms with Crippen LogP contribution in [0, 0.1) is 22.7 Å². The van der Waals surface area contributed by atoms with E-state index in [4.69, 9.17) is 5.26 Å². The first-order valence-electron chi connectivity index (χ1n) is 8.76.